The molecule has 0 amide bonds. The molecule has 0 aliphatic heterocycles. The van der Waals surface area contributed by atoms with Gasteiger partial charge in [-0.15, -0.1) is 0 Å². The summed E-state index contributed by atoms with van der Waals surface area (Å²) in [6.07, 6.45) is 8.36. The van der Waals surface area contributed by atoms with Crippen LogP contribution in [0.2, 0.25) is 0 Å². The Morgan fingerprint density at radius 3 is 2.20 bits per heavy atom. The van der Waals surface area contributed by atoms with E-state index in [-0.39, 0.29) is 0 Å². The molecule has 2 nitrogen and oxygen atoms in total. The maximum Gasteiger partial charge on any atom is 0.122 e. The number of ether oxygens (including phenoxy) is 1. The summed E-state index contributed by atoms with van der Waals surface area (Å²) in [7, 11) is 0. The highest BCUT2D eigenvalue weighted by molar-refractivity contribution is 5.16. The second-order valence-electron chi connectivity index (χ2n) is 3.45. The van der Waals surface area contributed by atoms with Crippen molar-refractivity contribution in [1.29, 1.82) is 0 Å². The molecule has 0 aliphatic carbocycles. The van der Waals surface area contributed by atoms with Crippen LogP contribution in [0, 0.1) is 0 Å². The van der Waals surface area contributed by atoms with Crippen LogP contribution in [0.25, 0.3) is 0 Å². The van der Waals surface area contributed by atoms with Gasteiger partial charge in [0.05, 0.1) is 6.61 Å². The van der Waals surface area contributed by atoms with Gasteiger partial charge in [-0.3, -0.25) is 4.98 Å². The van der Waals surface area contributed by atoms with Gasteiger partial charge in [0.1, 0.15) is 5.75 Å². The average Bonchev–Trinajstić information content (AvgIpc) is 2.27. The van der Waals surface area contributed by atoms with E-state index < -0.39 is 0 Å². The van der Waals surface area contributed by atoms with E-state index >= 15 is 0 Å². The molecule has 1 heterocycles. The zero-order valence-electron chi connectivity index (χ0n) is 10.2. The molecule has 0 atom stereocenters. The third-order valence-corrected chi connectivity index (χ3v) is 1.67. The van der Waals surface area contributed by atoms with E-state index in [4.69, 9.17) is 4.74 Å². The van der Waals surface area contributed by atoms with Gasteiger partial charge in [0.15, 0.2) is 0 Å². The van der Waals surface area contributed by atoms with Gasteiger partial charge in [0, 0.05) is 12.4 Å². The lowest BCUT2D eigenvalue weighted by molar-refractivity contribution is 0.306. The number of aromatic nitrogens is 1. The molecule has 1 aromatic rings. The lowest BCUT2D eigenvalue weighted by Crippen LogP contribution is -1.96. The summed E-state index contributed by atoms with van der Waals surface area (Å²) in [5.74, 6) is 0.918. The fourth-order valence-electron chi connectivity index (χ4n) is 0.977. The Balaban J connectivity index is 0.000000583. The first kappa shape index (κ1) is 13.9. The van der Waals surface area contributed by atoms with E-state index in [9.17, 15) is 0 Å². The quantitative estimate of drug-likeness (QED) is 0.682. The summed E-state index contributed by atoms with van der Waals surface area (Å²) in [4.78, 5) is 3.91. The van der Waals surface area contributed by atoms with Crippen LogP contribution in [0.4, 0.5) is 0 Å². The summed E-state index contributed by atoms with van der Waals surface area (Å²) in [5, 5.41) is 0. The Kier molecular flexibility index (Phi) is 10.3. The Bertz CT molecular complexity index is 211. The van der Waals surface area contributed by atoms with E-state index in [1.807, 2.05) is 12.1 Å². The van der Waals surface area contributed by atoms with Crippen molar-refractivity contribution in [2.24, 2.45) is 0 Å². The van der Waals surface area contributed by atoms with Crippen LogP contribution in [0.3, 0.4) is 0 Å². The third kappa shape index (κ3) is 9.26. The molecule has 1 aromatic heterocycles. The highest BCUT2D eigenvalue weighted by Crippen LogP contribution is 2.07. The number of pyridine rings is 1. The Labute approximate surface area is 93.7 Å². The molecule has 86 valence electrons. The standard InChI is InChI=1S/C10H15NO.C3H8/c1-2-3-4-9-12-10-5-7-11-8-6-10;1-3-2/h5-8H,2-4,9H2,1H3;3H2,1-2H3. The Hall–Kier alpha value is -1.05. The van der Waals surface area contributed by atoms with E-state index in [0.29, 0.717) is 0 Å². The van der Waals surface area contributed by atoms with Gasteiger partial charge in [-0.25, -0.2) is 0 Å². The summed E-state index contributed by atoms with van der Waals surface area (Å²) in [5.41, 5.74) is 0. The maximum atomic E-state index is 5.47. The Morgan fingerprint density at radius 2 is 1.67 bits per heavy atom. The SMILES string of the molecule is CCC.CCCCCOc1ccncc1. The second kappa shape index (κ2) is 11.0. The first-order valence-corrected chi connectivity index (χ1v) is 5.87. The number of hydrogen-bond acceptors (Lipinski definition) is 2. The highest BCUT2D eigenvalue weighted by atomic mass is 16.5. The number of rotatable bonds is 5. The molecule has 0 aliphatic rings. The van der Waals surface area contributed by atoms with Crippen molar-refractivity contribution in [2.45, 2.75) is 46.5 Å². The molecule has 0 unspecified atom stereocenters. The van der Waals surface area contributed by atoms with Gasteiger partial charge in [-0.05, 0) is 18.6 Å². The lowest BCUT2D eigenvalue weighted by Gasteiger charge is -2.03. The van der Waals surface area contributed by atoms with Crippen molar-refractivity contribution in [2.75, 3.05) is 6.61 Å². The molecule has 0 radical (unpaired) electrons. The zero-order valence-corrected chi connectivity index (χ0v) is 10.2. The van der Waals surface area contributed by atoms with Crippen LogP contribution in [0.15, 0.2) is 24.5 Å². The van der Waals surface area contributed by atoms with Gasteiger partial charge in [0.25, 0.3) is 0 Å². The fourth-order valence-corrected chi connectivity index (χ4v) is 0.977. The van der Waals surface area contributed by atoms with Crippen LogP contribution in [-0.2, 0) is 0 Å². The molecule has 0 aromatic carbocycles. The summed E-state index contributed by atoms with van der Waals surface area (Å²) < 4.78 is 5.47. The van der Waals surface area contributed by atoms with Gasteiger partial charge in [-0.1, -0.05) is 40.0 Å². The number of hydrogen-bond donors (Lipinski definition) is 0. The molecule has 0 N–H and O–H groups in total. The lowest BCUT2D eigenvalue weighted by atomic mass is 10.3. The first-order valence-electron chi connectivity index (χ1n) is 5.87. The largest absolute Gasteiger partial charge is 0.493 e. The highest BCUT2D eigenvalue weighted by Gasteiger charge is 1.90. The first-order chi connectivity index (χ1) is 7.35. The van der Waals surface area contributed by atoms with Crippen LogP contribution in [0.5, 0.6) is 5.75 Å². The van der Waals surface area contributed by atoms with Crippen LogP contribution in [-0.4, -0.2) is 11.6 Å². The predicted octanol–water partition coefficient (Wildman–Crippen LogP) is 4.07. The van der Waals surface area contributed by atoms with Crippen molar-refractivity contribution in [3.63, 3.8) is 0 Å². The van der Waals surface area contributed by atoms with Gasteiger partial charge < -0.3 is 4.74 Å². The summed E-state index contributed by atoms with van der Waals surface area (Å²) >= 11 is 0. The molecule has 15 heavy (non-hydrogen) atoms. The van der Waals surface area contributed by atoms with Crippen molar-refractivity contribution >= 4 is 0 Å². The van der Waals surface area contributed by atoms with E-state index in [1.165, 1.54) is 19.3 Å². The minimum atomic E-state index is 0.817. The van der Waals surface area contributed by atoms with Gasteiger partial charge >= 0.3 is 0 Å². The minimum Gasteiger partial charge on any atom is -0.493 e. The van der Waals surface area contributed by atoms with Crippen LogP contribution < -0.4 is 4.74 Å². The van der Waals surface area contributed by atoms with Crippen molar-refractivity contribution < 1.29 is 4.74 Å². The predicted molar refractivity (Wildman–Crippen MR) is 65.2 cm³/mol. The monoisotopic (exact) mass is 209 g/mol. The summed E-state index contributed by atoms with van der Waals surface area (Å²) in [6, 6.07) is 3.76. The molecule has 0 bridgehead atoms. The normalized spacial score (nSPS) is 9.00. The smallest absolute Gasteiger partial charge is 0.122 e. The Morgan fingerprint density at radius 1 is 1.07 bits per heavy atom. The summed E-state index contributed by atoms with van der Waals surface area (Å²) in [6.45, 7) is 7.25. The van der Waals surface area contributed by atoms with Crippen LogP contribution in [0.1, 0.15) is 46.5 Å². The third-order valence-electron chi connectivity index (χ3n) is 1.67. The van der Waals surface area contributed by atoms with Crippen molar-refractivity contribution in [3.05, 3.63) is 24.5 Å². The molecule has 0 spiro atoms. The topological polar surface area (TPSA) is 22.1 Å². The maximum absolute atomic E-state index is 5.47. The average molecular weight is 209 g/mol. The molecule has 2 heteroatoms. The zero-order chi connectivity index (χ0) is 11.4. The van der Waals surface area contributed by atoms with Gasteiger partial charge in [-0.2, -0.15) is 0 Å². The fraction of sp³-hybridized carbons (Fsp3) is 0.615. The van der Waals surface area contributed by atoms with Crippen molar-refractivity contribution in [3.8, 4) is 5.75 Å². The number of nitrogens with zero attached hydrogens (tertiary/aromatic N) is 1. The minimum absolute atomic E-state index is 0.817. The molecular weight excluding hydrogens is 186 g/mol. The molecule has 1 rings (SSSR count). The molecule has 0 saturated carbocycles. The van der Waals surface area contributed by atoms with E-state index in [1.54, 1.807) is 12.4 Å². The molecule has 0 saturated heterocycles. The van der Waals surface area contributed by atoms with E-state index in [0.717, 1.165) is 18.8 Å². The number of unbranched alkanes of at least 4 members (excludes halogenated alkanes) is 2. The van der Waals surface area contributed by atoms with Crippen molar-refractivity contribution in [1.82, 2.24) is 4.98 Å². The molecule has 0 fully saturated rings. The van der Waals surface area contributed by atoms with E-state index in [2.05, 4.69) is 25.8 Å². The molecular formula is C13H23NO. The van der Waals surface area contributed by atoms with Gasteiger partial charge in [0.2, 0.25) is 0 Å². The second-order valence-corrected chi connectivity index (χ2v) is 3.45. The van der Waals surface area contributed by atoms with Crippen LogP contribution >= 0.6 is 0 Å².